The molecule has 0 aromatic carbocycles. The minimum absolute atomic E-state index is 0.746. The van der Waals surface area contributed by atoms with E-state index in [1.54, 1.807) is 0 Å². The van der Waals surface area contributed by atoms with Crippen molar-refractivity contribution in [2.45, 2.75) is 0 Å². The Bertz CT molecular complexity index is 97.1. The summed E-state index contributed by atoms with van der Waals surface area (Å²) < 4.78 is 23.1. The molecule has 0 aromatic rings. The molecule has 0 spiro atoms. The Kier molecular flexibility index (Phi) is 6.12. The second-order valence-corrected chi connectivity index (χ2v) is 2.86. The van der Waals surface area contributed by atoms with Gasteiger partial charge >= 0.3 is 15.9 Å². The Balaban J connectivity index is 3.07. The van der Waals surface area contributed by atoms with Gasteiger partial charge in [-0.05, 0) is 14.6 Å². The summed E-state index contributed by atoms with van der Waals surface area (Å²) in [6.07, 6.45) is 0. The van der Waals surface area contributed by atoms with Crippen LogP contribution in [-0.2, 0) is 28.9 Å². The van der Waals surface area contributed by atoms with Gasteiger partial charge in [-0.25, -0.2) is 9.82 Å². The fourth-order valence-electron chi connectivity index (χ4n) is 0.0645. The van der Waals surface area contributed by atoms with E-state index in [9.17, 15) is 9.13 Å². The molecule has 0 aromatic heterocycles. The lowest BCUT2D eigenvalue weighted by Crippen LogP contribution is -1.87. The van der Waals surface area contributed by atoms with Crippen LogP contribution in [0.3, 0.4) is 0 Å². The summed E-state index contributed by atoms with van der Waals surface area (Å²) in [5.41, 5.74) is 0. The van der Waals surface area contributed by atoms with Crippen molar-refractivity contribution >= 4 is 15.9 Å². The Morgan fingerprint density at radius 1 is 1.44 bits per heavy atom. The summed E-state index contributed by atoms with van der Waals surface area (Å²) in [6.45, 7) is 0. The summed E-state index contributed by atoms with van der Waals surface area (Å²) in [4.78, 5) is 0. The Morgan fingerprint density at radius 2 is 2.11 bits per heavy atom. The molecule has 0 aliphatic rings. The van der Waals surface area contributed by atoms with Crippen molar-refractivity contribution < 1.29 is 34.2 Å². The Hall–Kier alpha value is -0.0000000000000000694. The molecule has 0 fully saturated rings. The smallest absolute Gasteiger partial charge is 0.219 e. The SMILES string of the molecule is O=P[P+](=O)OOOOO. The first-order valence-electron chi connectivity index (χ1n) is 1.43. The lowest BCUT2D eigenvalue weighted by molar-refractivity contribution is -0.684. The summed E-state index contributed by atoms with van der Waals surface area (Å²) in [7, 11) is -3.21. The highest BCUT2D eigenvalue weighted by molar-refractivity contribution is 8.06. The molecule has 1 N–H and O–H groups in total. The molecule has 0 heterocycles. The molecule has 0 bridgehead atoms. The van der Waals surface area contributed by atoms with E-state index in [1.807, 2.05) is 0 Å². The van der Waals surface area contributed by atoms with Gasteiger partial charge < -0.3 is 0 Å². The molecule has 52 valence electrons. The fourth-order valence-corrected chi connectivity index (χ4v) is 0.332. The number of rotatable bonds is 5. The molecule has 1 atom stereocenters. The van der Waals surface area contributed by atoms with Crippen LogP contribution in [0.2, 0.25) is 0 Å². The minimum atomic E-state index is -2.46. The van der Waals surface area contributed by atoms with Crippen molar-refractivity contribution in [2.24, 2.45) is 0 Å². The normalized spacial score (nSPS) is 11.9. The molecule has 0 radical (unpaired) electrons. The van der Waals surface area contributed by atoms with Crippen LogP contribution in [0.25, 0.3) is 0 Å². The minimum Gasteiger partial charge on any atom is -0.219 e. The van der Waals surface area contributed by atoms with E-state index in [0.717, 1.165) is 0 Å². The summed E-state index contributed by atoms with van der Waals surface area (Å²) in [5.74, 6) is 0. The second-order valence-electron chi connectivity index (χ2n) is 0.605. The van der Waals surface area contributed by atoms with Crippen LogP contribution in [0.4, 0.5) is 0 Å². The van der Waals surface area contributed by atoms with Gasteiger partial charge in [0.05, 0.1) is 4.67 Å². The third kappa shape index (κ3) is 5.88. The average molecular weight is 175 g/mol. The molecule has 0 aliphatic carbocycles. The molecule has 0 saturated carbocycles. The average Bonchev–Trinajstić information content (AvgIpc) is 1.89. The lowest BCUT2D eigenvalue weighted by Gasteiger charge is -1.81. The van der Waals surface area contributed by atoms with E-state index < -0.39 is 15.9 Å². The zero-order valence-corrected chi connectivity index (χ0v) is 5.58. The monoisotopic (exact) mass is 175 g/mol. The molecular weight excluding hydrogens is 174 g/mol. The maximum atomic E-state index is 9.95. The second kappa shape index (κ2) is 6.12. The van der Waals surface area contributed by atoms with Gasteiger partial charge in [0, 0.05) is 5.04 Å². The van der Waals surface area contributed by atoms with Crippen LogP contribution in [-0.4, -0.2) is 5.26 Å². The first kappa shape index (κ1) is 9.00. The lowest BCUT2D eigenvalue weighted by atomic mass is 14.3. The zero-order chi connectivity index (χ0) is 7.11. The Morgan fingerprint density at radius 3 is 2.56 bits per heavy atom. The molecule has 7 nitrogen and oxygen atoms in total. The third-order valence-electron chi connectivity index (χ3n) is 0.219. The van der Waals surface area contributed by atoms with Gasteiger partial charge in [-0.3, -0.25) is 0 Å². The van der Waals surface area contributed by atoms with Crippen molar-refractivity contribution in [1.82, 2.24) is 0 Å². The summed E-state index contributed by atoms with van der Waals surface area (Å²) in [5, 5.41) is 16.8. The first-order chi connectivity index (χ1) is 4.31. The van der Waals surface area contributed by atoms with Crippen LogP contribution in [0.5, 0.6) is 0 Å². The van der Waals surface area contributed by atoms with E-state index in [-0.39, 0.29) is 0 Å². The third-order valence-corrected chi connectivity index (χ3v) is 1.14. The van der Waals surface area contributed by atoms with E-state index in [0.29, 0.717) is 0 Å². The molecular formula is HO7P2+. The van der Waals surface area contributed by atoms with Crippen molar-refractivity contribution in [2.75, 3.05) is 0 Å². The quantitative estimate of drug-likeness (QED) is 0.290. The van der Waals surface area contributed by atoms with Crippen molar-refractivity contribution in [3.05, 3.63) is 0 Å². The van der Waals surface area contributed by atoms with E-state index in [1.165, 1.54) is 0 Å². The highest BCUT2D eigenvalue weighted by Gasteiger charge is 2.21. The van der Waals surface area contributed by atoms with Crippen LogP contribution >= 0.6 is 15.9 Å². The van der Waals surface area contributed by atoms with Gasteiger partial charge in [0.15, 0.2) is 0 Å². The van der Waals surface area contributed by atoms with Crippen molar-refractivity contribution in [3.63, 3.8) is 0 Å². The van der Waals surface area contributed by atoms with Gasteiger partial charge in [-0.15, -0.1) is 0 Å². The van der Waals surface area contributed by atoms with Gasteiger partial charge in [0.2, 0.25) is 0 Å². The van der Waals surface area contributed by atoms with Crippen LogP contribution in [0.15, 0.2) is 0 Å². The van der Waals surface area contributed by atoms with Crippen LogP contribution < -0.4 is 0 Å². The first-order valence-corrected chi connectivity index (χ1v) is 4.13. The number of hydrogen-bond acceptors (Lipinski definition) is 7. The van der Waals surface area contributed by atoms with Crippen molar-refractivity contribution in [1.29, 1.82) is 0 Å². The maximum absolute atomic E-state index is 9.95. The fraction of sp³-hybridized carbons (Fsp3) is 0. The van der Waals surface area contributed by atoms with E-state index >= 15 is 0 Å². The maximum Gasteiger partial charge on any atom is 0.641 e. The molecule has 0 aliphatic heterocycles. The molecule has 1 unspecified atom stereocenters. The zero-order valence-electron chi connectivity index (χ0n) is 3.79. The number of hydrogen-bond donors (Lipinski definition) is 1. The van der Waals surface area contributed by atoms with Gasteiger partial charge in [0.1, 0.15) is 0 Å². The van der Waals surface area contributed by atoms with Crippen molar-refractivity contribution in [3.8, 4) is 0 Å². The highest BCUT2D eigenvalue weighted by Crippen LogP contribution is 2.36. The predicted octanol–water partition coefficient (Wildman–Crippen LogP) is 1.22. The standard InChI is InChI=1S/O7P2/c1-4-5-6-7-9(3)8-2/p+1. The van der Waals surface area contributed by atoms with Gasteiger partial charge in [-0.2, -0.15) is 0 Å². The summed E-state index contributed by atoms with van der Waals surface area (Å²) >= 11 is 0. The van der Waals surface area contributed by atoms with E-state index in [4.69, 9.17) is 5.26 Å². The molecule has 9 heteroatoms. The Labute approximate surface area is 51.1 Å². The van der Waals surface area contributed by atoms with E-state index in [2.05, 4.69) is 19.8 Å². The van der Waals surface area contributed by atoms with Crippen LogP contribution in [0, 0.1) is 0 Å². The summed E-state index contributed by atoms with van der Waals surface area (Å²) in [6, 6.07) is 0. The molecule has 9 heavy (non-hydrogen) atoms. The van der Waals surface area contributed by atoms with Crippen LogP contribution in [0.1, 0.15) is 0 Å². The molecule has 0 saturated heterocycles. The van der Waals surface area contributed by atoms with Gasteiger partial charge in [0.25, 0.3) is 0 Å². The predicted molar refractivity (Wildman–Crippen MR) is 22.2 cm³/mol. The highest BCUT2D eigenvalue weighted by atomic mass is 32.0. The van der Waals surface area contributed by atoms with Gasteiger partial charge in [-0.1, -0.05) is 0 Å². The molecule has 0 amide bonds. The largest absolute Gasteiger partial charge is 0.641 e. The molecule has 0 rings (SSSR count). The topological polar surface area (TPSA) is 91.3 Å².